The molecule has 0 radical (unpaired) electrons. The number of nitrogens with one attached hydrogen (secondary N) is 1. The van der Waals surface area contributed by atoms with E-state index in [1.165, 1.54) is 18.9 Å². The number of thioether (sulfide) groups is 1. The second kappa shape index (κ2) is 8.37. The van der Waals surface area contributed by atoms with Crippen LogP contribution in [0.4, 0.5) is 5.69 Å². The highest BCUT2D eigenvalue weighted by Crippen LogP contribution is 2.39. The van der Waals surface area contributed by atoms with Crippen LogP contribution in [0.5, 0.6) is 17.2 Å². The van der Waals surface area contributed by atoms with Gasteiger partial charge in [-0.2, -0.15) is 0 Å². The lowest BCUT2D eigenvalue weighted by Crippen LogP contribution is -2.19. The molecule has 0 aromatic heterocycles. The first-order chi connectivity index (χ1) is 13.0. The van der Waals surface area contributed by atoms with Gasteiger partial charge in [0.15, 0.2) is 16.7 Å². The fraction of sp³-hybridized carbons (Fsp3) is 0.158. The van der Waals surface area contributed by atoms with Gasteiger partial charge in [-0.15, -0.1) is 0 Å². The third-order valence-electron chi connectivity index (χ3n) is 3.71. The second-order valence-corrected chi connectivity index (χ2v) is 6.83. The molecule has 0 spiro atoms. The summed E-state index contributed by atoms with van der Waals surface area (Å²) in [5.41, 5.74) is 1.33. The molecule has 1 aliphatic heterocycles. The number of halogens is 1. The SMILES string of the molecule is COc1cc(/C=C2\SC(=Nc3ccccc3Cl)NC2=O)cc(OC)c1OC. The van der Waals surface area contributed by atoms with Crippen molar-refractivity contribution in [3.63, 3.8) is 0 Å². The van der Waals surface area contributed by atoms with Crippen LogP contribution in [0.3, 0.4) is 0 Å². The predicted molar refractivity (Wildman–Crippen MR) is 108 cm³/mol. The number of para-hydroxylation sites is 1. The summed E-state index contributed by atoms with van der Waals surface area (Å²) in [6, 6.07) is 10.7. The summed E-state index contributed by atoms with van der Waals surface area (Å²) >= 11 is 7.35. The van der Waals surface area contributed by atoms with Crippen LogP contribution in [-0.4, -0.2) is 32.4 Å². The molecular formula is C19H17ClN2O4S. The van der Waals surface area contributed by atoms with Crippen molar-refractivity contribution in [2.75, 3.05) is 21.3 Å². The van der Waals surface area contributed by atoms with Crippen molar-refractivity contribution in [2.24, 2.45) is 4.99 Å². The first kappa shape index (κ1) is 19.1. The van der Waals surface area contributed by atoms with Crippen molar-refractivity contribution in [1.29, 1.82) is 0 Å². The van der Waals surface area contributed by atoms with Crippen molar-refractivity contribution in [3.05, 3.63) is 51.9 Å². The van der Waals surface area contributed by atoms with Gasteiger partial charge in [-0.25, -0.2) is 4.99 Å². The molecule has 0 aliphatic carbocycles. The molecule has 140 valence electrons. The van der Waals surface area contributed by atoms with E-state index in [0.29, 0.717) is 38.0 Å². The normalized spacial score (nSPS) is 16.5. The summed E-state index contributed by atoms with van der Waals surface area (Å²) in [7, 11) is 4.62. The molecule has 0 atom stereocenters. The highest BCUT2D eigenvalue weighted by atomic mass is 35.5. The Kier molecular flexibility index (Phi) is 5.93. The molecule has 2 aromatic rings. The Morgan fingerprint density at radius 1 is 1.07 bits per heavy atom. The van der Waals surface area contributed by atoms with Gasteiger partial charge in [-0.1, -0.05) is 23.7 Å². The average molecular weight is 405 g/mol. The highest BCUT2D eigenvalue weighted by molar-refractivity contribution is 8.18. The minimum absolute atomic E-state index is 0.237. The van der Waals surface area contributed by atoms with Gasteiger partial charge in [-0.05, 0) is 47.7 Å². The van der Waals surface area contributed by atoms with Crippen LogP contribution in [0.1, 0.15) is 5.56 Å². The van der Waals surface area contributed by atoms with Crippen molar-refractivity contribution in [3.8, 4) is 17.2 Å². The molecular weight excluding hydrogens is 388 g/mol. The number of hydrogen-bond donors (Lipinski definition) is 1. The fourth-order valence-electron chi connectivity index (χ4n) is 2.47. The number of methoxy groups -OCH3 is 3. The largest absolute Gasteiger partial charge is 0.493 e. The van der Waals surface area contributed by atoms with E-state index in [9.17, 15) is 4.79 Å². The number of amidine groups is 1. The Hall–Kier alpha value is -2.64. The molecule has 1 amide bonds. The lowest BCUT2D eigenvalue weighted by atomic mass is 10.1. The summed E-state index contributed by atoms with van der Waals surface area (Å²) in [6.07, 6.45) is 1.74. The number of aliphatic imine (C=N–C) groups is 1. The van der Waals surface area contributed by atoms with Gasteiger partial charge in [0.2, 0.25) is 5.75 Å². The lowest BCUT2D eigenvalue weighted by Gasteiger charge is -2.12. The fourth-order valence-corrected chi connectivity index (χ4v) is 3.48. The molecule has 0 unspecified atom stereocenters. The van der Waals surface area contributed by atoms with Crippen molar-refractivity contribution >= 4 is 46.2 Å². The van der Waals surface area contributed by atoms with Crippen LogP contribution in [0.15, 0.2) is 46.3 Å². The summed E-state index contributed by atoms with van der Waals surface area (Å²) < 4.78 is 16.0. The standard InChI is InChI=1S/C19H17ClN2O4S/c1-24-14-8-11(9-15(25-2)17(14)26-3)10-16-18(23)22-19(27-16)21-13-7-5-4-6-12(13)20/h4-10H,1-3H3,(H,21,22,23)/b16-10-. The molecule has 1 fully saturated rings. The van der Waals surface area contributed by atoms with E-state index in [2.05, 4.69) is 10.3 Å². The van der Waals surface area contributed by atoms with E-state index in [-0.39, 0.29) is 5.91 Å². The maximum atomic E-state index is 12.3. The monoisotopic (exact) mass is 404 g/mol. The smallest absolute Gasteiger partial charge is 0.264 e. The van der Waals surface area contributed by atoms with Gasteiger partial charge in [0.05, 0.1) is 36.9 Å². The maximum Gasteiger partial charge on any atom is 0.264 e. The average Bonchev–Trinajstić information content (AvgIpc) is 3.01. The Labute approximate surface area is 166 Å². The van der Waals surface area contributed by atoms with E-state index in [0.717, 1.165) is 5.56 Å². The Morgan fingerprint density at radius 3 is 2.33 bits per heavy atom. The number of rotatable bonds is 5. The molecule has 1 aliphatic rings. The number of carbonyl (C=O) groups excluding carboxylic acids is 1. The molecule has 1 saturated heterocycles. The molecule has 1 heterocycles. The van der Waals surface area contributed by atoms with Gasteiger partial charge >= 0.3 is 0 Å². The zero-order valence-electron chi connectivity index (χ0n) is 14.9. The number of nitrogens with zero attached hydrogens (tertiary/aromatic N) is 1. The Balaban J connectivity index is 1.92. The van der Waals surface area contributed by atoms with Crippen molar-refractivity contribution < 1.29 is 19.0 Å². The van der Waals surface area contributed by atoms with E-state index < -0.39 is 0 Å². The Morgan fingerprint density at radius 2 is 1.74 bits per heavy atom. The van der Waals surface area contributed by atoms with Gasteiger partial charge in [0.25, 0.3) is 5.91 Å². The zero-order chi connectivity index (χ0) is 19.4. The highest BCUT2D eigenvalue weighted by Gasteiger charge is 2.24. The molecule has 0 saturated carbocycles. The van der Waals surface area contributed by atoms with Crippen molar-refractivity contribution in [2.45, 2.75) is 0 Å². The minimum atomic E-state index is -0.237. The van der Waals surface area contributed by atoms with Crippen LogP contribution >= 0.6 is 23.4 Å². The first-order valence-corrected chi connectivity index (χ1v) is 9.09. The molecule has 0 bridgehead atoms. The van der Waals surface area contributed by atoms with Crippen LogP contribution < -0.4 is 19.5 Å². The predicted octanol–water partition coefficient (Wildman–Crippen LogP) is 4.26. The van der Waals surface area contributed by atoms with Gasteiger partial charge < -0.3 is 19.5 Å². The summed E-state index contributed by atoms with van der Waals surface area (Å²) in [6.45, 7) is 0. The van der Waals surface area contributed by atoms with Gasteiger partial charge in [-0.3, -0.25) is 4.79 Å². The topological polar surface area (TPSA) is 69.2 Å². The van der Waals surface area contributed by atoms with Crippen LogP contribution in [0.2, 0.25) is 5.02 Å². The van der Waals surface area contributed by atoms with Crippen LogP contribution in [0, 0.1) is 0 Å². The Bertz CT molecular complexity index is 918. The second-order valence-electron chi connectivity index (χ2n) is 5.39. The van der Waals surface area contributed by atoms with Gasteiger partial charge in [0, 0.05) is 0 Å². The number of carbonyl (C=O) groups is 1. The molecule has 8 heteroatoms. The number of benzene rings is 2. The first-order valence-electron chi connectivity index (χ1n) is 7.90. The molecule has 27 heavy (non-hydrogen) atoms. The van der Waals surface area contributed by atoms with Gasteiger partial charge in [0.1, 0.15) is 0 Å². The number of hydrogen-bond acceptors (Lipinski definition) is 6. The minimum Gasteiger partial charge on any atom is -0.493 e. The maximum absolute atomic E-state index is 12.3. The third kappa shape index (κ3) is 4.20. The lowest BCUT2D eigenvalue weighted by molar-refractivity contribution is -0.115. The van der Waals surface area contributed by atoms with Crippen LogP contribution in [0.25, 0.3) is 6.08 Å². The quantitative estimate of drug-likeness (QED) is 0.754. The molecule has 6 nitrogen and oxygen atoms in total. The van der Waals surface area contributed by atoms with E-state index >= 15 is 0 Å². The van der Waals surface area contributed by atoms with Crippen molar-refractivity contribution in [1.82, 2.24) is 5.32 Å². The molecule has 2 aromatic carbocycles. The number of ether oxygens (including phenoxy) is 3. The number of amides is 1. The van der Waals surface area contributed by atoms with Crippen LogP contribution in [-0.2, 0) is 4.79 Å². The zero-order valence-corrected chi connectivity index (χ0v) is 16.5. The summed E-state index contributed by atoms with van der Waals surface area (Å²) in [5, 5.41) is 3.72. The van der Waals surface area contributed by atoms with E-state index in [1.807, 2.05) is 12.1 Å². The molecule has 3 rings (SSSR count). The van der Waals surface area contributed by atoms with E-state index in [4.69, 9.17) is 25.8 Å². The summed E-state index contributed by atoms with van der Waals surface area (Å²) in [4.78, 5) is 17.2. The third-order valence-corrected chi connectivity index (χ3v) is 4.94. The summed E-state index contributed by atoms with van der Waals surface area (Å²) in [5.74, 6) is 1.28. The van der Waals surface area contributed by atoms with E-state index in [1.54, 1.807) is 44.6 Å². The molecule has 1 N–H and O–H groups in total.